The summed E-state index contributed by atoms with van der Waals surface area (Å²) in [4.78, 5) is 16.9. The minimum Gasteiger partial charge on any atom is -0.309 e. The fraction of sp³-hybridized carbons (Fsp3) is 0. The van der Waals surface area contributed by atoms with Gasteiger partial charge < -0.3 is 27.4 Å². The number of hydrogen-bond donors (Lipinski definition) is 0. The van der Waals surface area contributed by atoms with Gasteiger partial charge in [0.05, 0.1) is 66.2 Å². The quantitative estimate of drug-likeness (QED) is 0.145. The van der Waals surface area contributed by atoms with Gasteiger partial charge >= 0.3 is 0 Å². The van der Waals surface area contributed by atoms with Crippen molar-refractivity contribution in [2.24, 2.45) is 0 Å². The van der Waals surface area contributed by atoms with Crippen molar-refractivity contribution in [2.45, 2.75) is 0 Å². The van der Waals surface area contributed by atoms with Gasteiger partial charge in [-0.1, -0.05) is 218 Å². The summed E-state index contributed by atoms with van der Waals surface area (Å²) in [6, 6.07) is 125. The van der Waals surface area contributed by atoms with Crippen LogP contribution in [-0.4, -0.2) is 42.4 Å². The maximum Gasteiger partial charge on any atom is 0.164 e. The lowest BCUT2D eigenvalue weighted by molar-refractivity contribution is 1.07. The summed E-state index contributed by atoms with van der Waals surface area (Å²) in [5, 5.41) is 14.2. The molecule has 0 unspecified atom stereocenters. The number of para-hydroxylation sites is 9. The van der Waals surface area contributed by atoms with Crippen LogP contribution in [0, 0.1) is 0 Å². The normalized spacial score (nSPS) is 12.1. The topological polar surface area (TPSA) is 68.2 Å². The van der Waals surface area contributed by atoms with Crippen LogP contribution in [0.1, 0.15) is 0 Å². The fourth-order valence-corrected chi connectivity index (χ4v) is 16.9. The SMILES string of the molecule is c1ccc(-n2c3ccccc3c3cc4c(cc32)c2ccccc2n4-c2cccc(-c3nc(-c4cccc(-n5c6ccccc6c6ccc7c(c8ccccc8n7-c7ccccc7)c65)c4)nc(-c4cccc(-n5c6ccccc6c6ccc7c8ccccc8n(-c8ccccc8)c7c65)c4)n3)c2)cc1. The highest BCUT2D eigenvalue weighted by Gasteiger charge is 2.26. The van der Waals surface area contributed by atoms with E-state index >= 15 is 0 Å². The molecule has 0 saturated carbocycles. The van der Waals surface area contributed by atoms with Crippen LogP contribution in [-0.2, 0) is 0 Å². The first-order valence-electron chi connectivity index (χ1n) is 34.8. The summed E-state index contributed by atoms with van der Waals surface area (Å²) in [7, 11) is 0. The van der Waals surface area contributed by atoms with Gasteiger partial charge in [0.2, 0.25) is 0 Å². The third kappa shape index (κ3) is 8.18. The lowest BCUT2D eigenvalue weighted by atomic mass is 10.1. The van der Waals surface area contributed by atoms with Crippen LogP contribution in [0.2, 0.25) is 0 Å². The van der Waals surface area contributed by atoms with Crippen molar-refractivity contribution in [1.82, 2.24) is 42.4 Å². The molecule has 0 saturated heterocycles. The predicted molar refractivity (Wildman–Crippen MR) is 422 cm³/mol. The standard InChI is InChI=1S/C93H57N9/c1-4-28-61(29-5-1)97-83-48-21-15-42-75(83)87-84(97)52-51-72-67-37-10-19-46-81(67)101(88(72)87)65-35-23-26-59(54-65)92-94-91(58-25-22-34-64(53-58)99-79-44-17-14-41-71(79)77-56-85-76(57-86(77)99)70-40-13-16-43-78(70)98(85)62-30-6-2-7-31-62)95-93(96-92)60-27-24-36-66(55-60)102-82-47-20-12-39-69(82)74-50-49-73-68-38-11-18-45-80(68)100(89(73)90(74)102)63-32-8-3-9-33-63/h1-57H. The Morgan fingerprint density at radius 1 is 0.157 bits per heavy atom. The van der Waals surface area contributed by atoms with Crippen LogP contribution >= 0.6 is 0 Å². The second kappa shape index (κ2) is 21.8. The molecular formula is C93H57N9. The molecule has 0 fully saturated rings. The van der Waals surface area contributed by atoms with Gasteiger partial charge in [0.1, 0.15) is 0 Å². The Morgan fingerprint density at radius 3 is 0.853 bits per heavy atom. The van der Waals surface area contributed by atoms with Gasteiger partial charge in [-0.05, 0) is 127 Å². The summed E-state index contributed by atoms with van der Waals surface area (Å²) >= 11 is 0. The Bertz CT molecular complexity index is 7250. The molecule has 22 rings (SSSR count). The number of benzene rings is 15. The van der Waals surface area contributed by atoms with Gasteiger partial charge in [0.15, 0.2) is 17.5 Å². The molecule has 0 atom stereocenters. The summed E-state index contributed by atoms with van der Waals surface area (Å²) < 4.78 is 14.6. The molecule has 9 heteroatoms. The molecule has 9 nitrogen and oxygen atoms in total. The van der Waals surface area contributed by atoms with Crippen molar-refractivity contribution < 1.29 is 0 Å². The van der Waals surface area contributed by atoms with Crippen LogP contribution in [0.5, 0.6) is 0 Å². The molecule has 0 spiro atoms. The van der Waals surface area contributed by atoms with Gasteiger partial charge in [-0.15, -0.1) is 0 Å². The van der Waals surface area contributed by atoms with Gasteiger partial charge in [-0.3, -0.25) is 0 Å². The second-order valence-electron chi connectivity index (χ2n) is 26.7. The average Bonchev–Trinajstić information content (AvgIpc) is 1.55. The minimum absolute atomic E-state index is 0.554. The third-order valence-corrected chi connectivity index (χ3v) is 21.2. The van der Waals surface area contributed by atoms with Crippen LogP contribution in [0.4, 0.5) is 0 Å². The summed E-state index contributed by atoms with van der Waals surface area (Å²) in [5.41, 5.74) is 22.5. The van der Waals surface area contributed by atoms with Gasteiger partial charge in [-0.25, -0.2) is 15.0 Å². The van der Waals surface area contributed by atoms with E-state index in [4.69, 9.17) is 15.0 Å². The zero-order valence-electron chi connectivity index (χ0n) is 54.9. The van der Waals surface area contributed by atoms with Crippen molar-refractivity contribution in [3.05, 3.63) is 346 Å². The molecule has 0 aliphatic heterocycles. The van der Waals surface area contributed by atoms with Gasteiger partial charge in [0, 0.05) is 115 Å². The second-order valence-corrected chi connectivity index (χ2v) is 26.7. The molecule has 22 aromatic rings. The van der Waals surface area contributed by atoms with E-state index in [1.807, 2.05) is 0 Å². The Morgan fingerprint density at radius 2 is 0.431 bits per heavy atom. The van der Waals surface area contributed by atoms with Crippen molar-refractivity contribution in [2.75, 3.05) is 0 Å². The maximum absolute atomic E-state index is 5.63. The maximum atomic E-state index is 5.63. The van der Waals surface area contributed by atoms with E-state index in [0.717, 1.165) is 111 Å². The number of fused-ring (bicyclic) bond motifs is 20. The van der Waals surface area contributed by atoms with E-state index in [9.17, 15) is 0 Å². The van der Waals surface area contributed by atoms with Crippen LogP contribution in [0.3, 0.4) is 0 Å². The smallest absolute Gasteiger partial charge is 0.164 e. The first-order valence-corrected chi connectivity index (χ1v) is 34.8. The van der Waals surface area contributed by atoms with Crippen molar-refractivity contribution >= 4 is 131 Å². The predicted octanol–water partition coefficient (Wildman–Crippen LogP) is 23.5. The van der Waals surface area contributed by atoms with E-state index in [2.05, 4.69) is 373 Å². The van der Waals surface area contributed by atoms with Gasteiger partial charge in [0.25, 0.3) is 0 Å². The van der Waals surface area contributed by atoms with E-state index < -0.39 is 0 Å². The lowest BCUT2D eigenvalue weighted by Gasteiger charge is -2.14. The van der Waals surface area contributed by atoms with Crippen LogP contribution < -0.4 is 0 Å². The molecule has 7 aromatic heterocycles. The molecule has 0 aliphatic rings. The molecular weight excluding hydrogens is 1240 g/mol. The van der Waals surface area contributed by atoms with E-state index in [-0.39, 0.29) is 0 Å². The van der Waals surface area contributed by atoms with Crippen LogP contribution in [0.25, 0.3) is 199 Å². The Balaban J connectivity index is 0.771. The Labute approximate surface area is 583 Å². The van der Waals surface area contributed by atoms with Crippen molar-refractivity contribution in [3.63, 3.8) is 0 Å². The van der Waals surface area contributed by atoms with Gasteiger partial charge in [-0.2, -0.15) is 0 Å². The average molecular weight is 1300 g/mol. The molecule has 474 valence electrons. The molecule has 15 aromatic carbocycles. The molecule has 7 heterocycles. The van der Waals surface area contributed by atoms with E-state index in [1.165, 1.54) is 70.2 Å². The van der Waals surface area contributed by atoms with Crippen molar-refractivity contribution in [3.8, 4) is 68.3 Å². The molecule has 0 N–H and O–H groups in total. The highest BCUT2D eigenvalue weighted by atomic mass is 15.1. The Kier molecular flexibility index (Phi) is 12.0. The molecule has 0 amide bonds. The first kappa shape index (κ1) is 56.2. The molecule has 102 heavy (non-hydrogen) atoms. The summed E-state index contributed by atoms with van der Waals surface area (Å²) in [6.07, 6.45) is 0. The number of nitrogens with zero attached hydrogens (tertiary/aromatic N) is 9. The number of rotatable bonds is 9. The first-order chi connectivity index (χ1) is 50.6. The highest BCUT2D eigenvalue weighted by molar-refractivity contribution is 6.27. The van der Waals surface area contributed by atoms with Crippen molar-refractivity contribution in [1.29, 1.82) is 0 Å². The zero-order valence-corrected chi connectivity index (χ0v) is 54.9. The number of aromatic nitrogens is 9. The number of hydrogen-bond acceptors (Lipinski definition) is 3. The van der Waals surface area contributed by atoms with Crippen LogP contribution in [0.15, 0.2) is 346 Å². The molecule has 0 aliphatic carbocycles. The fourth-order valence-electron chi connectivity index (χ4n) is 16.9. The summed E-state index contributed by atoms with van der Waals surface area (Å²) in [5.74, 6) is 1.66. The Hall–Kier alpha value is -13.9. The largest absolute Gasteiger partial charge is 0.309 e. The summed E-state index contributed by atoms with van der Waals surface area (Å²) in [6.45, 7) is 0. The highest BCUT2D eigenvalue weighted by Crippen LogP contribution is 2.46. The van der Waals surface area contributed by atoms with E-state index in [1.54, 1.807) is 0 Å². The third-order valence-electron chi connectivity index (χ3n) is 21.2. The molecule has 0 radical (unpaired) electrons. The monoisotopic (exact) mass is 1300 g/mol. The minimum atomic E-state index is 0.554. The lowest BCUT2D eigenvalue weighted by Crippen LogP contribution is -2.03. The molecule has 0 bridgehead atoms. The zero-order chi connectivity index (χ0) is 66.7. The van der Waals surface area contributed by atoms with E-state index in [0.29, 0.717) is 17.5 Å².